The lowest BCUT2D eigenvalue weighted by molar-refractivity contribution is 0.418. The zero-order chi connectivity index (χ0) is 18.1. The van der Waals surface area contributed by atoms with E-state index in [4.69, 9.17) is 16.6 Å². The minimum Gasteiger partial charge on any atom is -0.464 e. The molecule has 1 saturated heterocycles. The first-order chi connectivity index (χ1) is 12.7. The number of furan rings is 1. The number of pyridine rings is 1. The van der Waals surface area contributed by atoms with Crippen molar-refractivity contribution in [1.29, 1.82) is 0 Å². The summed E-state index contributed by atoms with van der Waals surface area (Å²) in [6, 6.07) is 18.3. The largest absolute Gasteiger partial charge is 0.464 e. The third-order valence-corrected chi connectivity index (χ3v) is 5.09. The smallest absolute Gasteiger partial charge is 0.174 e. The molecule has 132 valence electrons. The van der Waals surface area contributed by atoms with Gasteiger partial charge in [-0.1, -0.05) is 25.1 Å². The minimum absolute atomic E-state index is 0.0694. The fourth-order valence-corrected chi connectivity index (χ4v) is 3.77. The summed E-state index contributed by atoms with van der Waals surface area (Å²) in [4.78, 5) is 6.67. The van der Waals surface area contributed by atoms with Crippen LogP contribution in [0, 0.1) is 6.92 Å². The molecule has 3 aromatic rings. The lowest BCUT2D eigenvalue weighted by Crippen LogP contribution is -2.29. The maximum absolute atomic E-state index is 6.00. The first-order valence-electron chi connectivity index (χ1n) is 8.83. The molecule has 0 amide bonds. The van der Waals surface area contributed by atoms with Crippen LogP contribution in [0.3, 0.4) is 0 Å². The summed E-state index contributed by atoms with van der Waals surface area (Å²) < 4.78 is 6.00. The molecule has 1 aliphatic rings. The van der Waals surface area contributed by atoms with Crippen LogP contribution in [0.4, 0.5) is 5.69 Å². The molecule has 2 aromatic heterocycles. The van der Waals surface area contributed by atoms with Crippen molar-refractivity contribution < 1.29 is 4.42 Å². The van der Waals surface area contributed by atoms with Gasteiger partial charge in [0.1, 0.15) is 17.6 Å². The van der Waals surface area contributed by atoms with Crippen molar-refractivity contribution in [3.8, 4) is 0 Å². The molecule has 5 heteroatoms. The molecule has 0 spiro atoms. The van der Waals surface area contributed by atoms with Crippen LogP contribution in [0.15, 0.2) is 65.2 Å². The van der Waals surface area contributed by atoms with Gasteiger partial charge in [0, 0.05) is 11.9 Å². The average molecular weight is 363 g/mol. The standard InChI is InChI=1S/C21H21N3OS/c1-3-15-8-10-16(11-9-15)24-20(18-12-7-14(2)25-18)19(23-21(24)26)17-6-4-5-13-22-17/h4-13,19-20H,3H2,1-2H3,(H,23,26)/t19-,20-/m1/s1. The normalized spacial score (nSPS) is 19.6. The molecule has 3 heterocycles. The molecule has 0 aliphatic carbocycles. The number of aryl methyl sites for hydroxylation is 2. The summed E-state index contributed by atoms with van der Waals surface area (Å²) >= 11 is 5.69. The quantitative estimate of drug-likeness (QED) is 0.679. The fourth-order valence-electron chi connectivity index (χ4n) is 3.43. The van der Waals surface area contributed by atoms with Crippen LogP contribution in [0.5, 0.6) is 0 Å². The highest BCUT2D eigenvalue weighted by Crippen LogP contribution is 2.41. The maximum atomic E-state index is 6.00. The van der Waals surface area contributed by atoms with Crippen molar-refractivity contribution in [3.05, 3.63) is 83.6 Å². The Kier molecular flexibility index (Phi) is 4.47. The van der Waals surface area contributed by atoms with Crippen LogP contribution in [0.25, 0.3) is 0 Å². The summed E-state index contributed by atoms with van der Waals surface area (Å²) in [5, 5.41) is 4.12. The van der Waals surface area contributed by atoms with Gasteiger partial charge in [-0.25, -0.2) is 0 Å². The van der Waals surface area contributed by atoms with E-state index >= 15 is 0 Å². The Hall–Kier alpha value is -2.66. The molecular weight excluding hydrogens is 342 g/mol. The van der Waals surface area contributed by atoms with Crippen molar-refractivity contribution in [3.63, 3.8) is 0 Å². The first-order valence-corrected chi connectivity index (χ1v) is 9.24. The summed E-state index contributed by atoms with van der Waals surface area (Å²) in [7, 11) is 0. The van der Waals surface area contributed by atoms with Gasteiger partial charge in [0.05, 0.1) is 11.7 Å². The Bertz CT molecular complexity index is 905. The highest BCUT2D eigenvalue weighted by Gasteiger charge is 2.42. The number of rotatable bonds is 4. The van der Waals surface area contributed by atoms with Crippen LogP contribution in [-0.2, 0) is 6.42 Å². The SMILES string of the molecule is CCc1ccc(N2C(=S)N[C@H](c3ccccn3)[C@H]2c2ccc(C)o2)cc1. The molecule has 1 aliphatic heterocycles. The van der Waals surface area contributed by atoms with E-state index in [1.165, 1.54) is 5.56 Å². The molecule has 0 unspecified atom stereocenters. The van der Waals surface area contributed by atoms with E-state index in [1.54, 1.807) is 0 Å². The number of nitrogens with zero attached hydrogens (tertiary/aromatic N) is 2. The highest BCUT2D eigenvalue weighted by atomic mass is 32.1. The molecule has 1 fully saturated rings. The third kappa shape index (κ3) is 2.99. The predicted octanol–water partition coefficient (Wildman–Crippen LogP) is 4.72. The number of anilines is 1. The second kappa shape index (κ2) is 6.92. The Balaban J connectivity index is 1.79. The number of nitrogens with one attached hydrogen (secondary N) is 1. The molecule has 0 saturated carbocycles. The number of hydrogen-bond acceptors (Lipinski definition) is 3. The lowest BCUT2D eigenvalue weighted by Gasteiger charge is -2.26. The van der Waals surface area contributed by atoms with E-state index in [-0.39, 0.29) is 12.1 Å². The number of aromatic nitrogens is 1. The highest BCUT2D eigenvalue weighted by molar-refractivity contribution is 7.80. The second-order valence-electron chi connectivity index (χ2n) is 6.47. The van der Waals surface area contributed by atoms with Crippen LogP contribution < -0.4 is 10.2 Å². The fraction of sp³-hybridized carbons (Fsp3) is 0.238. The molecule has 4 nitrogen and oxygen atoms in total. The molecular formula is C21H21N3OS. The van der Waals surface area contributed by atoms with Crippen molar-refractivity contribution >= 4 is 23.0 Å². The molecule has 2 atom stereocenters. The lowest BCUT2D eigenvalue weighted by atomic mass is 10.0. The Morgan fingerprint density at radius 3 is 2.54 bits per heavy atom. The number of benzene rings is 1. The van der Waals surface area contributed by atoms with Gasteiger partial charge in [0.2, 0.25) is 0 Å². The molecule has 26 heavy (non-hydrogen) atoms. The summed E-state index contributed by atoms with van der Waals surface area (Å²) in [5.41, 5.74) is 3.30. The van der Waals surface area contributed by atoms with Crippen molar-refractivity contribution in [2.24, 2.45) is 0 Å². The predicted molar refractivity (Wildman–Crippen MR) is 107 cm³/mol. The summed E-state index contributed by atoms with van der Waals surface area (Å²) in [6.45, 7) is 4.11. The van der Waals surface area contributed by atoms with Crippen LogP contribution in [0.2, 0.25) is 0 Å². The van der Waals surface area contributed by atoms with E-state index in [9.17, 15) is 0 Å². The molecule has 1 N–H and O–H groups in total. The van der Waals surface area contributed by atoms with E-state index in [0.29, 0.717) is 5.11 Å². The van der Waals surface area contributed by atoms with E-state index in [1.807, 2.05) is 43.5 Å². The topological polar surface area (TPSA) is 41.3 Å². The Morgan fingerprint density at radius 1 is 1.12 bits per heavy atom. The van der Waals surface area contributed by atoms with Gasteiger partial charge in [0.15, 0.2) is 5.11 Å². The average Bonchev–Trinajstić information content (AvgIpc) is 3.25. The first kappa shape index (κ1) is 16.8. The summed E-state index contributed by atoms with van der Waals surface area (Å²) in [5.74, 6) is 1.77. The van der Waals surface area contributed by atoms with Crippen molar-refractivity contribution in [2.45, 2.75) is 32.4 Å². The zero-order valence-corrected chi connectivity index (χ0v) is 15.7. The number of hydrogen-bond donors (Lipinski definition) is 1. The second-order valence-corrected chi connectivity index (χ2v) is 6.85. The van der Waals surface area contributed by atoms with Gasteiger partial charge in [-0.2, -0.15) is 0 Å². The van der Waals surface area contributed by atoms with E-state index < -0.39 is 0 Å². The van der Waals surface area contributed by atoms with E-state index in [2.05, 4.69) is 46.4 Å². The Labute approximate surface area is 158 Å². The minimum atomic E-state index is -0.0847. The Morgan fingerprint density at radius 2 is 1.92 bits per heavy atom. The zero-order valence-electron chi connectivity index (χ0n) is 14.8. The van der Waals surface area contributed by atoms with Crippen LogP contribution >= 0.6 is 12.2 Å². The van der Waals surface area contributed by atoms with Crippen molar-refractivity contribution in [2.75, 3.05) is 4.90 Å². The molecule has 1 aromatic carbocycles. The molecule has 0 bridgehead atoms. The van der Waals surface area contributed by atoms with Gasteiger partial charge < -0.3 is 14.6 Å². The van der Waals surface area contributed by atoms with Gasteiger partial charge in [0.25, 0.3) is 0 Å². The monoisotopic (exact) mass is 363 g/mol. The van der Waals surface area contributed by atoms with Gasteiger partial charge in [-0.05, 0) is 67.5 Å². The van der Waals surface area contributed by atoms with Crippen LogP contribution in [-0.4, -0.2) is 10.1 Å². The van der Waals surface area contributed by atoms with Gasteiger partial charge >= 0.3 is 0 Å². The molecule has 0 radical (unpaired) electrons. The van der Waals surface area contributed by atoms with Crippen molar-refractivity contribution in [1.82, 2.24) is 10.3 Å². The van der Waals surface area contributed by atoms with Gasteiger partial charge in [-0.3, -0.25) is 4.98 Å². The van der Waals surface area contributed by atoms with Gasteiger partial charge in [-0.15, -0.1) is 0 Å². The maximum Gasteiger partial charge on any atom is 0.174 e. The van der Waals surface area contributed by atoms with E-state index in [0.717, 1.165) is 29.3 Å². The molecule has 4 rings (SSSR count). The third-order valence-electron chi connectivity index (χ3n) is 4.77. The van der Waals surface area contributed by atoms with Crippen LogP contribution in [0.1, 0.15) is 41.8 Å². The number of thiocarbonyl (C=S) groups is 1. The summed E-state index contributed by atoms with van der Waals surface area (Å²) in [6.07, 6.45) is 2.82.